The van der Waals surface area contributed by atoms with E-state index in [1.807, 2.05) is 18.2 Å². The van der Waals surface area contributed by atoms with Gasteiger partial charge in [-0.3, -0.25) is 9.35 Å². The first-order valence-corrected chi connectivity index (χ1v) is 10.7. The highest BCUT2D eigenvalue weighted by molar-refractivity contribution is 7.84. The molecule has 0 saturated carbocycles. The van der Waals surface area contributed by atoms with E-state index in [4.69, 9.17) is 4.55 Å². The van der Waals surface area contributed by atoms with E-state index < -0.39 is 34.3 Å². The fourth-order valence-corrected chi connectivity index (χ4v) is 5.06. The molecule has 11 heteroatoms. The summed E-state index contributed by atoms with van der Waals surface area (Å²) in [5, 5.41) is 9.57. The Bertz CT molecular complexity index is 886. The molecule has 4 rings (SSSR count). The van der Waals surface area contributed by atoms with Crippen molar-refractivity contribution >= 4 is 27.9 Å². The molecule has 0 aromatic heterocycles. The van der Waals surface area contributed by atoms with Crippen LogP contribution in [0.3, 0.4) is 0 Å². The van der Waals surface area contributed by atoms with Gasteiger partial charge in [-0.2, -0.15) is 8.42 Å². The number of rotatable bonds is 4. The minimum atomic E-state index is -4.58. The van der Waals surface area contributed by atoms with Crippen molar-refractivity contribution in [2.75, 3.05) is 31.5 Å². The van der Waals surface area contributed by atoms with Crippen molar-refractivity contribution in [3.8, 4) is 0 Å². The van der Waals surface area contributed by atoms with E-state index in [0.717, 1.165) is 31.6 Å². The maximum absolute atomic E-state index is 12.6. The average Bonchev–Trinajstić information content (AvgIpc) is 3.00. The summed E-state index contributed by atoms with van der Waals surface area (Å²) in [6.07, 6.45) is 1.14. The van der Waals surface area contributed by atoms with Gasteiger partial charge in [0.1, 0.15) is 6.04 Å². The van der Waals surface area contributed by atoms with Gasteiger partial charge in [0.15, 0.2) is 0 Å². The lowest BCUT2D eigenvalue weighted by Crippen LogP contribution is -2.68. The Balaban J connectivity index is 1.39. The number of carbonyl (C=O) groups is 2. The van der Waals surface area contributed by atoms with E-state index in [9.17, 15) is 18.0 Å². The van der Waals surface area contributed by atoms with Crippen molar-refractivity contribution < 1.29 is 22.6 Å². The number of β-lactam (4-membered cyclic amide) rings is 1. The van der Waals surface area contributed by atoms with Crippen molar-refractivity contribution in [3.63, 3.8) is 0 Å². The van der Waals surface area contributed by atoms with E-state index in [1.54, 1.807) is 6.07 Å². The van der Waals surface area contributed by atoms with Gasteiger partial charge in [-0.15, -0.1) is 0 Å². The lowest BCUT2D eigenvalue weighted by Gasteiger charge is -2.42. The quantitative estimate of drug-likeness (QED) is 0.386. The van der Waals surface area contributed by atoms with E-state index in [-0.39, 0.29) is 6.54 Å². The van der Waals surface area contributed by atoms with Crippen molar-refractivity contribution in [2.45, 2.75) is 31.0 Å². The maximum Gasteiger partial charge on any atom is 0.362 e. The van der Waals surface area contributed by atoms with Crippen LogP contribution in [0, 0.1) is 0 Å². The summed E-state index contributed by atoms with van der Waals surface area (Å²) in [6.45, 7) is 3.02. The molecular weight excluding hydrogens is 386 g/mol. The monoisotopic (exact) mass is 409 g/mol. The first-order valence-electron chi connectivity index (χ1n) is 9.26. The first-order chi connectivity index (χ1) is 13.3. The summed E-state index contributed by atoms with van der Waals surface area (Å²) in [5.41, 5.74) is 1.70. The molecule has 3 aliphatic rings. The first kappa shape index (κ1) is 19.1. The smallest absolute Gasteiger partial charge is 0.314 e. The second-order valence-electron chi connectivity index (χ2n) is 7.30. The SMILES string of the molecule is O=C(Nc1cccc(CC2CNCCN2)c1)N1CC[C@@H]2[C@H]1C(=O)N2S(=O)(=O)O. The number of urea groups is 1. The Kier molecular flexibility index (Phi) is 5.00. The Hall–Kier alpha value is -2.21. The number of hydrogen-bond acceptors (Lipinski definition) is 6. The van der Waals surface area contributed by atoms with Crippen LogP contribution < -0.4 is 16.0 Å². The molecule has 3 aliphatic heterocycles. The molecule has 3 fully saturated rings. The maximum atomic E-state index is 12.6. The molecule has 0 aliphatic carbocycles. The predicted molar refractivity (Wildman–Crippen MR) is 101 cm³/mol. The summed E-state index contributed by atoms with van der Waals surface area (Å²) >= 11 is 0. The molecule has 3 heterocycles. The van der Waals surface area contributed by atoms with Gasteiger partial charge in [-0.1, -0.05) is 12.1 Å². The third kappa shape index (κ3) is 3.58. The number of nitrogens with one attached hydrogen (secondary N) is 3. The highest BCUT2D eigenvalue weighted by atomic mass is 32.2. The molecule has 1 unspecified atom stereocenters. The molecule has 3 saturated heterocycles. The van der Waals surface area contributed by atoms with Crippen molar-refractivity contribution in [1.82, 2.24) is 19.8 Å². The summed E-state index contributed by atoms with van der Waals surface area (Å²) in [6, 6.07) is 5.87. The van der Waals surface area contributed by atoms with Crippen molar-refractivity contribution in [1.29, 1.82) is 0 Å². The van der Waals surface area contributed by atoms with Gasteiger partial charge in [0, 0.05) is 37.9 Å². The number of benzene rings is 1. The number of carbonyl (C=O) groups excluding carboxylic acids is 2. The van der Waals surface area contributed by atoms with E-state index >= 15 is 0 Å². The standard InChI is InChI=1S/C17H23N5O5S/c23-16-15-14(22(16)28(25,26)27)4-7-21(15)17(24)20-12-3-1-2-11(8-12)9-13-10-18-5-6-19-13/h1-3,8,13-15,18-19H,4-7,9-10H2,(H,20,24)(H,25,26,27)/t13?,14-,15+/m1/s1. The van der Waals surface area contributed by atoms with Crippen LogP contribution >= 0.6 is 0 Å². The van der Waals surface area contributed by atoms with Crippen LogP contribution in [-0.2, 0) is 21.5 Å². The van der Waals surface area contributed by atoms with Crippen LogP contribution in [0.2, 0.25) is 0 Å². The molecule has 28 heavy (non-hydrogen) atoms. The number of piperazine rings is 1. The zero-order valence-electron chi connectivity index (χ0n) is 15.2. The molecule has 152 valence electrons. The predicted octanol–water partition coefficient (Wildman–Crippen LogP) is -0.590. The van der Waals surface area contributed by atoms with Crippen LogP contribution in [0.25, 0.3) is 0 Å². The van der Waals surface area contributed by atoms with Gasteiger partial charge in [0.2, 0.25) is 0 Å². The van der Waals surface area contributed by atoms with Crippen molar-refractivity contribution in [2.24, 2.45) is 0 Å². The highest BCUT2D eigenvalue weighted by Gasteiger charge is 2.60. The number of anilines is 1. The number of nitrogens with zero attached hydrogens (tertiary/aromatic N) is 2. The van der Waals surface area contributed by atoms with Gasteiger partial charge in [-0.05, 0) is 30.5 Å². The summed E-state index contributed by atoms with van der Waals surface area (Å²) < 4.78 is 32.1. The van der Waals surface area contributed by atoms with Crippen LogP contribution in [0.4, 0.5) is 10.5 Å². The van der Waals surface area contributed by atoms with E-state index in [1.165, 1.54) is 4.90 Å². The second kappa shape index (κ2) is 7.32. The number of likely N-dealkylation sites (tertiary alicyclic amines) is 1. The van der Waals surface area contributed by atoms with Crippen LogP contribution in [-0.4, -0.2) is 78.4 Å². The minimum Gasteiger partial charge on any atom is -0.314 e. The Morgan fingerprint density at radius 3 is 2.86 bits per heavy atom. The number of amides is 3. The molecule has 3 atom stereocenters. The summed E-state index contributed by atoms with van der Waals surface area (Å²) in [7, 11) is -4.58. The number of hydrogen-bond donors (Lipinski definition) is 4. The van der Waals surface area contributed by atoms with Crippen LogP contribution in [0.1, 0.15) is 12.0 Å². The largest absolute Gasteiger partial charge is 0.362 e. The van der Waals surface area contributed by atoms with E-state index in [2.05, 4.69) is 16.0 Å². The highest BCUT2D eigenvalue weighted by Crippen LogP contribution is 2.35. The molecule has 10 nitrogen and oxygen atoms in total. The molecule has 0 bridgehead atoms. The Morgan fingerprint density at radius 1 is 1.32 bits per heavy atom. The third-order valence-corrected chi connectivity index (χ3v) is 6.38. The molecule has 0 radical (unpaired) electrons. The van der Waals surface area contributed by atoms with E-state index in [0.29, 0.717) is 22.5 Å². The summed E-state index contributed by atoms with van der Waals surface area (Å²) in [4.78, 5) is 26.0. The van der Waals surface area contributed by atoms with Crippen LogP contribution in [0.15, 0.2) is 24.3 Å². The van der Waals surface area contributed by atoms with Gasteiger partial charge < -0.3 is 20.9 Å². The Morgan fingerprint density at radius 2 is 2.14 bits per heavy atom. The normalized spacial score (nSPS) is 27.3. The topological polar surface area (TPSA) is 131 Å². The fourth-order valence-electron chi connectivity index (χ4n) is 4.16. The molecule has 4 N–H and O–H groups in total. The zero-order chi connectivity index (χ0) is 19.9. The van der Waals surface area contributed by atoms with Gasteiger partial charge in [-0.25, -0.2) is 9.10 Å². The van der Waals surface area contributed by atoms with Gasteiger partial charge in [0.05, 0.1) is 6.04 Å². The molecule has 1 aromatic rings. The van der Waals surface area contributed by atoms with Gasteiger partial charge >= 0.3 is 16.3 Å². The lowest BCUT2D eigenvalue weighted by molar-refractivity contribution is -0.143. The summed E-state index contributed by atoms with van der Waals surface area (Å²) in [5.74, 6) is -0.773. The van der Waals surface area contributed by atoms with Crippen LogP contribution in [0.5, 0.6) is 0 Å². The molecule has 1 aromatic carbocycles. The average molecular weight is 409 g/mol. The molecule has 0 spiro atoms. The fraction of sp³-hybridized carbons (Fsp3) is 0.529. The molecular formula is C17H23N5O5S. The molecule has 3 amide bonds. The Labute approximate surface area is 163 Å². The second-order valence-corrected chi connectivity index (χ2v) is 8.59. The lowest BCUT2D eigenvalue weighted by atomic mass is 10.0. The third-order valence-electron chi connectivity index (χ3n) is 5.43. The number of fused-ring (bicyclic) bond motifs is 1. The van der Waals surface area contributed by atoms with Gasteiger partial charge in [0.25, 0.3) is 5.91 Å². The minimum absolute atomic E-state index is 0.246. The zero-order valence-corrected chi connectivity index (χ0v) is 16.0. The van der Waals surface area contributed by atoms with Crippen molar-refractivity contribution in [3.05, 3.63) is 29.8 Å².